The summed E-state index contributed by atoms with van der Waals surface area (Å²) in [7, 11) is 3.06. The molecule has 0 bridgehead atoms. The molecule has 148 valence electrons. The van der Waals surface area contributed by atoms with Gasteiger partial charge in [-0.15, -0.1) is 0 Å². The quantitative estimate of drug-likeness (QED) is 0.723. The van der Waals surface area contributed by atoms with Crippen LogP contribution in [0.3, 0.4) is 0 Å². The molecule has 9 heteroatoms. The normalized spacial score (nSPS) is 16.2. The minimum Gasteiger partial charge on any atom is -0.495 e. The highest BCUT2D eigenvalue weighted by atomic mass is 16.5. The molecule has 1 aromatic heterocycles. The number of anilines is 2. The third-order valence-corrected chi connectivity index (χ3v) is 4.53. The summed E-state index contributed by atoms with van der Waals surface area (Å²) in [6, 6.07) is 6.26. The maximum absolute atomic E-state index is 12.5. The Bertz CT molecular complexity index is 830. The van der Waals surface area contributed by atoms with Gasteiger partial charge in [0.2, 0.25) is 5.95 Å². The SMILES string of the molecule is CNC(=O)c1ccc(OC)c(NC(=O)NC2CCCN(c3ncccn3)C2)c1. The molecule has 1 fully saturated rings. The van der Waals surface area contributed by atoms with E-state index in [-0.39, 0.29) is 18.0 Å². The van der Waals surface area contributed by atoms with Gasteiger partial charge in [0.1, 0.15) is 5.75 Å². The van der Waals surface area contributed by atoms with Crippen molar-refractivity contribution in [3.05, 3.63) is 42.2 Å². The van der Waals surface area contributed by atoms with Gasteiger partial charge < -0.3 is 25.6 Å². The lowest BCUT2D eigenvalue weighted by Crippen LogP contribution is -2.49. The first kappa shape index (κ1) is 19.4. The van der Waals surface area contributed by atoms with E-state index >= 15 is 0 Å². The average molecular weight is 384 g/mol. The number of methoxy groups -OCH3 is 1. The highest BCUT2D eigenvalue weighted by molar-refractivity contribution is 5.97. The lowest BCUT2D eigenvalue weighted by atomic mass is 10.1. The maximum Gasteiger partial charge on any atom is 0.319 e. The molecule has 2 aromatic rings. The van der Waals surface area contributed by atoms with Crippen LogP contribution in [0.4, 0.5) is 16.4 Å². The maximum atomic E-state index is 12.5. The molecule has 1 aromatic carbocycles. The molecule has 1 aliphatic heterocycles. The minimum absolute atomic E-state index is 0.0364. The number of hydrogen-bond acceptors (Lipinski definition) is 6. The summed E-state index contributed by atoms with van der Waals surface area (Å²) >= 11 is 0. The molecule has 1 atom stereocenters. The first-order chi connectivity index (χ1) is 13.6. The van der Waals surface area contributed by atoms with Crippen molar-refractivity contribution in [2.24, 2.45) is 0 Å². The molecule has 1 unspecified atom stereocenters. The third-order valence-electron chi connectivity index (χ3n) is 4.53. The van der Waals surface area contributed by atoms with E-state index in [1.54, 1.807) is 43.7 Å². The zero-order valence-corrected chi connectivity index (χ0v) is 15.9. The molecule has 0 radical (unpaired) electrons. The Kier molecular flexibility index (Phi) is 6.25. The van der Waals surface area contributed by atoms with Crippen LogP contribution in [0.5, 0.6) is 5.75 Å². The second-order valence-electron chi connectivity index (χ2n) is 6.43. The number of rotatable bonds is 5. The number of hydrogen-bond donors (Lipinski definition) is 3. The van der Waals surface area contributed by atoms with Gasteiger partial charge in [-0.2, -0.15) is 0 Å². The molecule has 9 nitrogen and oxygen atoms in total. The van der Waals surface area contributed by atoms with Gasteiger partial charge >= 0.3 is 6.03 Å². The number of aromatic nitrogens is 2. The second-order valence-corrected chi connectivity index (χ2v) is 6.43. The summed E-state index contributed by atoms with van der Waals surface area (Å²) in [5, 5.41) is 8.32. The van der Waals surface area contributed by atoms with Crippen LogP contribution < -0.4 is 25.6 Å². The van der Waals surface area contributed by atoms with E-state index in [1.807, 2.05) is 0 Å². The highest BCUT2D eigenvalue weighted by Gasteiger charge is 2.23. The molecule has 3 N–H and O–H groups in total. The Hall–Kier alpha value is -3.36. The molecule has 3 rings (SSSR count). The van der Waals surface area contributed by atoms with E-state index in [0.29, 0.717) is 29.5 Å². The molecule has 1 saturated heterocycles. The Labute approximate surface area is 163 Å². The zero-order valence-electron chi connectivity index (χ0n) is 15.9. The van der Waals surface area contributed by atoms with Crippen LogP contribution in [0.1, 0.15) is 23.2 Å². The van der Waals surface area contributed by atoms with Crippen LogP contribution in [0.25, 0.3) is 0 Å². The van der Waals surface area contributed by atoms with Gasteiger partial charge in [0, 0.05) is 44.1 Å². The fraction of sp³-hybridized carbons (Fsp3) is 0.368. The Morgan fingerprint density at radius 2 is 2.04 bits per heavy atom. The molecular formula is C19H24N6O3. The van der Waals surface area contributed by atoms with Gasteiger partial charge in [0.05, 0.1) is 12.8 Å². The van der Waals surface area contributed by atoms with Gasteiger partial charge in [-0.05, 0) is 37.1 Å². The van der Waals surface area contributed by atoms with E-state index in [1.165, 1.54) is 7.11 Å². The van der Waals surface area contributed by atoms with Crippen molar-refractivity contribution in [2.45, 2.75) is 18.9 Å². The third kappa shape index (κ3) is 4.67. The van der Waals surface area contributed by atoms with E-state index in [0.717, 1.165) is 19.4 Å². The summed E-state index contributed by atoms with van der Waals surface area (Å²) in [5.41, 5.74) is 0.865. The lowest BCUT2D eigenvalue weighted by Gasteiger charge is -2.33. The predicted molar refractivity (Wildman–Crippen MR) is 106 cm³/mol. The zero-order chi connectivity index (χ0) is 19.9. The molecule has 3 amide bonds. The van der Waals surface area contributed by atoms with E-state index < -0.39 is 0 Å². The molecule has 0 aliphatic carbocycles. The number of ether oxygens (including phenoxy) is 1. The van der Waals surface area contributed by atoms with Crippen LogP contribution in [0.15, 0.2) is 36.7 Å². The lowest BCUT2D eigenvalue weighted by molar-refractivity contribution is 0.0963. The molecule has 1 aliphatic rings. The number of amides is 3. The summed E-state index contributed by atoms with van der Waals surface area (Å²) < 4.78 is 5.28. The first-order valence-electron chi connectivity index (χ1n) is 9.10. The Morgan fingerprint density at radius 1 is 1.25 bits per heavy atom. The van der Waals surface area contributed by atoms with E-state index in [2.05, 4.69) is 30.8 Å². The number of carbonyl (C=O) groups is 2. The first-order valence-corrected chi connectivity index (χ1v) is 9.10. The number of piperidine rings is 1. The average Bonchev–Trinajstić information content (AvgIpc) is 2.74. The van der Waals surface area contributed by atoms with Crippen molar-refractivity contribution < 1.29 is 14.3 Å². The number of nitrogens with one attached hydrogen (secondary N) is 3. The number of nitrogens with zero attached hydrogens (tertiary/aromatic N) is 3. The number of urea groups is 1. The van der Waals surface area contributed by atoms with Gasteiger partial charge in [-0.25, -0.2) is 14.8 Å². The molecular weight excluding hydrogens is 360 g/mol. The smallest absolute Gasteiger partial charge is 0.319 e. The molecule has 2 heterocycles. The van der Waals surface area contributed by atoms with Crippen LogP contribution in [-0.4, -0.2) is 55.2 Å². The standard InChI is InChI=1S/C19H24N6O3/c1-20-17(26)13-6-7-16(28-2)15(11-13)24-19(27)23-14-5-3-10-25(12-14)18-21-8-4-9-22-18/h4,6-9,11,14H,3,5,10,12H2,1-2H3,(H,20,26)(H2,23,24,27). The largest absolute Gasteiger partial charge is 0.495 e. The van der Waals surface area contributed by atoms with Gasteiger partial charge in [0.25, 0.3) is 5.91 Å². The minimum atomic E-state index is -0.354. The summed E-state index contributed by atoms with van der Waals surface area (Å²) in [6.45, 7) is 1.48. The summed E-state index contributed by atoms with van der Waals surface area (Å²) in [5.74, 6) is 0.900. The fourth-order valence-electron chi connectivity index (χ4n) is 3.17. The van der Waals surface area contributed by atoms with Crippen molar-refractivity contribution in [3.8, 4) is 5.75 Å². The summed E-state index contributed by atoms with van der Waals surface area (Å²) in [6.07, 6.45) is 5.21. The topological polar surface area (TPSA) is 108 Å². The Balaban J connectivity index is 1.64. The van der Waals surface area contributed by atoms with Crippen LogP contribution in [-0.2, 0) is 0 Å². The molecule has 28 heavy (non-hydrogen) atoms. The van der Waals surface area contributed by atoms with Gasteiger partial charge in [-0.3, -0.25) is 4.79 Å². The molecule has 0 spiro atoms. The Morgan fingerprint density at radius 3 is 2.75 bits per heavy atom. The fourth-order valence-corrected chi connectivity index (χ4v) is 3.17. The van der Waals surface area contributed by atoms with E-state index in [9.17, 15) is 9.59 Å². The summed E-state index contributed by atoms with van der Waals surface area (Å²) in [4.78, 5) is 35.0. The van der Waals surface area contributed by atoms with E-state index in [4.69, 9.17) is 4.74 Å². The number of carbonyl (C=O) groups excluding carboxylic acids is 2. The van der Waals surface area contributed by atoms with Crippen molar-refractivity contribution in [1.29, 1.82) is 0 Å². The van der Waals surface area contributed by atoms with Crippen LogP contribution in [0, 0.1) is 0 Å². The van der Waals surface area contributed by atoms with Crippen molar-refractivity contribution in [2.75, 3.05) is 37.5 Å². The van der Waals surface area contributed by atoms with Gasteiger partial charge in [-0.1, -0.05) is 0 Å². The second kappa shape index (κ2) is 9.03. The highest BCUT2D eigenvalue weighted by Crippen LogP contribution is 2.25. The molecule has 0 saturated carbocycles. The van der Waals surface area contributed by atoms with Crippen LogP contribution in [0.2, 0.25) is 0 Å². The van der Waals surface area contributed by atoms with Crippen molar-refractivity contribution >= 4 is 23.6 Å². The predicted octanol–water partition coefficient (Wildman–Crippen LogP) is 1.64. The van der Waals surface area contributed by atoms with Crippen LogP contribution >= 0.6 is 0 Å². The van der Waals surface area contributed by atoms with Crippen molar-refractivity contribution in [1.82, 2.24) is 20.6 Å². The van der Waals surface area contributed by atoms with Crippen molar-refractivity contribution in [3.63, 3.8) is 0 Å². The monoisotopic (exact) mass is 384 g/mol. The number of benzene rings is 1. The van der Waals surface area contributed by atoms with Gasteiger partial charge in [0.15, 0.2) is 0 Å².